The first-order valence-electron chi connectivity index (χ1n) is 5.08. The summed E-state index contributed by atoms with van der Waals surface area (Å²) in [5.74, 6) is 2.35. The van der Waals surface area contributed by atoms with E-state index in [1.807, 2.05) is 17.8 Å². The van der Waals surface area contributed by atoms with Crippen molar-refractivity contribution < 1.29 is 5.21 Å². The lowest BCUT2D eigenvalue weighted by molar-refractivity contribution is 0.318. The maximum Gasteiger partial charge on any atom is 0.188 e. The van der Waals surface area contributed by atoms with Crippen LogP contribution in [0.3, 0.4) is 0 Å². The van der Waals surface area contributed by atoms with Gasteiger partial charge in [-0.1, -0.05) is 5.16 Å². The molecule has 0 bridgehead atoms. The van der Waals surface area contributed by atoms with E-state index in [-0.39, 0.29) is 5.84 Å². The van der Waals surface area contributed by atoms with E-state index in [9.17, 15) is 0 Å². The molecule has 1 aromatic heterocycles. The molecule has 16 heavy (non-hydrogen) atoms. The van der Waals surface area contributed by atoms with Gasteiger partial charge in [0.1, 0.15) is 5.69 Å². The van der Waals surface area contributed by atoms with Gasteiger partial charge < -0.3 is 15.8 Å². The summed E-state index contributed by atoms with van der Waals surface area (Å²) < 4.78 is 0. The van der Waals surface area contributed by atoms with Gasteiger partial charge in [-0.25, -0.2) is 0 Å². The summed E-state index contributed by atoms with van der Waals surface area (Å²) in [6.07, 6.45) is 1.77. The second kappa shape index (κ2) is 5.07. The molecule has 86 valence electrons. The predicted molar refractivity (Wildman–Crippen MR) is 66.3 cm³/mol. The molecule has 0 radical (unpaired) electrons. The van der Waals surface area contributed by atoms with E-state index in [1.165, 1.54) is 0 Å². The Balaban J connectivity index is 2.12. The first kappa shape index (κ1) is 11.1. The van der Waals surface area contributed by atoms with Crippen LogP contribution in [0.15, 0.2) is 23.5 Å². The highest BCUT2D eigenvalue weighted by atomic mass is 32.2. The molecule has 1 aliphatic heterocycles. The summed E-state index contributed by atoms with van der Waals surface area (Å²) in [4.78, 5) is 6.45. The van der Waals surface area contributed by atoms with Crippen LogP contribution in [0.1, 0.15) is 5.69 Å². The van der Waals surface area contributed by atoms with Gasteiger partial charge in [0.05, 0.1) is 11.9 Å². The van der Waals surface area contributed by atoms with Crippen molar-refractivity contribution in [3.8, 4) is 0 Å². The fraction of sp³-hybridized carbons (Fsp3) is 0.400. The van der Waals surface area contributed by atoms with Gasteiger partial charge >= 0.3 is 0 Å². The Kier molecular flexibility index (Phi) is 3.51. The molecule has 1 aliphatic rings. The topological polar surface area (TPSA) is 74.7 Å². The van der Waals surface area contributed by atoms with Crippen LogP contribution in [-0.2, 0) is 0 Å². The van der Waals surface area contributed by atoms with Crippen LogP contribution in [0, 0.1) is 0 Å². The highest BCUT2D eigenvalue weighted by molar-refractivity contribution is 7.99. The number of rotatable bonds is 2. The maximum absolute atomic E-state index is 8.52. The number of amidine groups is 1. The number of hydrogen-bond acceptors (Lipinski definition) is 5. The molecule has 2 rings (SSSR count). The summed E-state index contributed by atoms with van der Waals surface area (Å²) in [6.45, 7) is 2.10. The van der Waals surface area contributed by atoms with Crippen LogP contribution >= 0.6 is 11.8 Å². The van der Waals surface area contributed by atoms with Crippen molar-refractivity contribution in [1.29, 1.82) is 0 Å². The number of pyridine rings is 1. The fourth-order valence-electron chi connectivity index (χ4n) is 1.60. The Labute approximate surface area is 98.3 Å². The van der Waals surface area contributed by atoms with E-state index in [0.717, 1.165) is 30.3 Å². The molecule has 3 N–H and O–H groups in total. The quantitative estimate of drug-likeness (QED) is 0.344. The lowest BCUT2D eigenvalue weighted by atomic mass is 10.3. The van der Waals surface area contributed by atoms with E-state index in [4.69, 9.17) is 10.9 Å². The zero-order valence-electron chi connectivity index (χ0n) is 8.83. The van der Waals surface area contributed by atoms with Crippen LogP contribution in [-0.4, -0.2) is 40.6 Å². The third-order valence-electron chi connectivity index (χ3n) is 2.49. The van der Waals surface area contributed by atoms with E-state index in [1.54, 1.807) is 12.3 Å². The van der Waals surface area contributed by atoms with Gasteiger partial charge in [-0.05, 0) is 12.1 Å². The predicted octanol–water partition coefficient (Wildman–Crippen LogP) is 0.729. The van der Waals surface area contributed by atoms with Gasteiger partial charge in [-0.15, -0.1) is 0 Å². The SMILES string of the molecule is N/C(=N/O)c1ccc(N2CCSCC2)cn1. The number of oxime groups is 1. The minimum atomic E-state index is 0.0424. The molecule has 0 aliphatic carbocycles. The summed E-state index contributed by atoms with van der Waals surface area (Å²) in [7, 11) is 0. The molecule has 0 unspecified atom stereocenters. The molecule has 1 fully saturated rings. The molecule has 6 heteroatoms. The largest absolute Gasteiger partial charge is 0.409 e. The van der Waals surface area contributed by atoms with Gasteiger partial charge in [0.2, 0.25) is 0 Å². The lowest BCUT2D eigenvalue weighted by Crippen LogP contribution is -2.32. The monoisotopic (exact) mass is 238 g/mol. The van der Waals surface area contributed by atoms with Gasteiger partial charge in [-0.3, -0.25) is 4.98 Å². The van der Waals surface area contributed by atoms with Gasteiger partial charge in [0.15, 0.2) is 5.84 Å². The lowest BCUT2D eigenvalue weighted by Gasteiger charge is -2.28. The number of anilines is 1. The Hall–Kier alpha value is -1.43. The molecule has 0 amide bonds. The van der Waals surface area contributed by atoms with Crippen LogP contribution in [0.2, 0.25) is 0 Å². The molecule has 0 aromatic carbocycles. The first-order chi connectivity index (χ1) is 7.81. The van der Waals surface area contributed by atoms with Gasteiger partial charge in [0.25, 0.3) is 0 Å². The molecular formula is C10H14N4OS. The Morgan fingerprint density at radius 3 is 2.75 bits per heavy atom. The number of nitrogens with two attached hydrogens (primary N) is 1. The minimum Gasteiger partial charge on any atom is -0.409 e. The van der Waals surface area contributed by atoms with Gasteiger partial charge in [-0.2, -0.15) is 11.8 Å². The summed E-state index contributed by atoms with van der Waals surface area (Å²) in [6, 6.07) is 3.72. The Morgan fingerprint density at radius 1 is 1.44 bits per heavy atom. The van der Waals surface area contributed by atoms with Crippen LogP contribution < -0.4 is 10.6 Å². The van der Waals surface area contributed by atoms with Crippen molar-refractivity contribution in [2.24, 2.45) is 10.9 Å². The maximum atomic E-state index is 8.52. The normalized spacial score (nSPS) is 17.5. The zero-order valence-corrected chi connectivity index (χ0v) is 9.65. The number of thioether (sulfide) groups is 1. The van der Waals surface area contributed by atoms with Crippen molar-refractivity contribution in [3.05, 3.63) is 24.0 Å². The van der Waals surface area contributed by atoms with Crippen LogP contribution in [0.5, 0.6) is 0 Å². The molecule has 0 spiro atoms. The van der Waals surface area contributed by atoms with Crippen LogP contribution in [0.25, 0.3) is 0 Å². The average molecular weight is 238 g/mol. The second-order valence-electron chi connectivity index (χ2n) is 3.49. The Morgan fingerprint density at radius 2 is 2.19 bits per heavy atom. The Bertz CT molecular complexity index is 373. The average Bonchev–Trinajstić information content (AvgIpc) is 2.39. The molecule has 0 atom stereocenters. The second-order valence-corrected chi connectivity index (χ2v) is 4.71. The smallest absolute Gasteiger partial charge is 0.188 e. The number of aromatic nitrogens is 1. The minimum absolute atomic E-state index is 0.0424. The summed E-state index contributed by atoms with van der Waals surface area (Å²) in [5.41, 5.74) is 7.03. The van der Waals surface area contributed by atoms with Crippen molar-refractivity contribution in [2.75, 3.05) is 29.5 Å². The van der Waals surface area contributed by atoms with E-state index < -0.39 is 0 Å². The summed E-state index contributed by atoms with van der Waals surface area (Å²) >= 11 is 1.97. The standard InChI is InChI=1S/C10H14N4OS/c11-10(13-15)9-2-1-8(7-12-9)14-3-5-16-6-4-14/h1-2,7,15H,3-6H2,(H2,11,13). The molecule has 1 aromatic rings. The molecular weight excluding hydrogens is 224 g/mol. The molecule has 1 saturated heterocycles. The highest BCUT2D eigenvalue weighted by Crippen LogP contribution is 2.18. The number of nitrogens with zero attached hydrogens (tertiary/aromatic N) is 3. The van der Waals surface area contributed by atoms with Crippen molar-refractivity contribution in [2.45, 2.75) is 0 Å². The molecule has 2 heterocycles. The third kappa shape index (κ3) is 2.38. The summed E-state index contributed by atoms with van der Waals surface area (Å²) in [5, 5.41) is 11.4. The van der Waals surface area contributed by atoms with Crippen LogP contribution in [0.4, 0.5) is 5.69 Å². The van der Waals surface area contributed by atoms with E-state index >= 15 is 0 Å². The third-order valence-corrected chi connectivity index (χ3v) is 3.44. The fourth-order valence-corrected chi connectivity index (χ4v) is 2.50. The van der Waals surface area contributed by atoms with Crippen molar-refractivity contribution in [3.63, 3.8) is 0 Å². The zero-order chi connectivity index (χ0) is 11.4. The van der Waals surface area contributed by atoms with E-state index in [0.29, 0.717) is 5.69 Å². The van der Waals surface area contributed by atoms with E-state index in [2.05, 4.69) is 15.0 Å². The van der Waals surface area contributed by atoms with Crippen molar-refractivity contribution >= 4 is 23.3 Å². The number of hydrogen-bond donors (Lipinski definition) is 2. The molecule has 0 saturated carbocycles. The first-order valence-corrected chi connectivity index (χ1v) is 6.23. The highest BCUT2D eigenvalue weighted by Gasteiger charge is 2.11. The van der Waals surface area contributed by atoms with Gasteiger partial charge in [0, 0.05) is 24.6 Å². The van der Waals surface area contributed by atoms with Crippen molar-refractivity contribution in [1.82, 2.24) is 4.98 Å². The molecule has 5 nitrogen and oxygen atoms in total.